The SMILES string of the molecule is COC(=O)c1cc(CSc2n[nH]c(-c3ccccc3Br)n2)oc1C. The van der Waals surface area contributed by atoms with Gasteiger partial charge in [-0.25, -0.2) is 9.78 Å². The third-order valence-corrected chi connectivity index (χ3v) is 4.87. The van der Waals surface area contributed by atoms with Gasteiger partial charge in [-0.05, 0) is 19.1 Å². The molecule has 0 unspecified atom stereocenters. The van der Waals surface area contributed by atoms with Crippen LogP contribution >= 0.6 is 27.7 Å². The molecule has 0 atom stereocenters. The molecule has 3 rings (SSSR count). The second-order valence-electron chi connectivity index (χ2n) is 4.91. The second-order valence-corrected chi connectivity index (χ2v) is 6.71. The minimum absolute atomic E-state index is 0.401. The molecule has 3 aromatic rings. The Balaban J connectivity index is 1.70. The Morgan fingerprint density at radius 2 is 2.21 bits per heavy atom. The molecule has 124 valence electrons. The predicted octanol–water partition coefficient (Wildman–Crippen LogP) is 4.21. The molecule has 0 radical (unpaired) electrons. The smallest absolute Gasteiger partial charge is 0.341 e. The van der Waals surface area contributed by atoms with Gasteiger partial charge in [0.1, 0.15) is 17.1 Å². The van der Waals surface area contributed by atoms with Crippen LogP contribution < -0.4 is 0 Å². The number of nitrogens with zero attached hydrogens (tertiary/aromatic N) is 2. The summed E-state index contributed by atoms with van der Waals surface area (Å²) < 4.78 is 11.2. The molecule has 1 aromatic carbocycles. The summed E-state index contributed by atoms with van der Waals surface area (Å²) in [6, 6.07) is 9.48. The van der Waals surface area contributed by atoms with E-state index in [1.165, 1.54) is 18.9 Å². The Hall–Kier alpha value is -2.06. The molecule has 1 N–H and O–H groups in total. The van der Waals surface area contributed by atoms with E-state index in [9.17, 15) is 4.79 Å². The zero-order valence-electron chi connectivity index (χ0n) is 13.0. The number of carbonyl (C=O) groups excluding carboxylic acids is 1. The quantitative estimate of drug-likeness (QED) is 0.503. The molecule has 0 aliphatic rings. The number of esters is 1. The molecule has 0 saturated carbocycles. The fraction of sp³-hybridized carbons (Fsp3) is 0.188. The first-order valence-corrected chi connectivity index (χ1v) is 8.84. The first-order valence-electron chi connectivity index (χ1n) is 7.06. The van der Waals surface area contributed by atoms with Gasteiger partial charge < -0.3 is 9.15 Å². The van der Waals surface area contributed by atoms with Crippen LogP contribution in [0.1, 0.15) is 21.9 Å². The highest BCUT2D eigenvalue weighted by atomic mass is 79.9. The van der Waals surface area contributed by atoms with Crippen molar-refractivity contribution >= 4 is 33.7 Å². The fourth-order valence-corrected chi connectivity index (χ4v) is 3.30. The van der Waals surface area contributed by atoms with Gasteiger partial charge in [0.05, 0.1) is 12.9 Å². The number of aromatic amines is 1. The van der Waals surface area contributed by atoms with E-state index in [4.69, 9.17) is 9.15 Å². The molecule has 2 aromatic heterocycles. The lowest BCUT2D eigenvalue weighted by Gasteiger charge is -1.98. The van der Waals surface area contributed by atoms with E-state index in [-0.39, 0.29) is 0 Å². The number of aryl methyl sites for hydroxylation is 1. The van der Waals surface area contributed by atoms with Crippen molar-refractivity contribution < 1.29 is 13.9 Å². The number of hydrogen-bond acceptors (Lipinski definition) is 6. The molecule has 0 amide bonds. The number of nitrogens with one attached hydrogen (secondary N) is 1. The molecule has 0 saturated heterocycles. The van der Waals surface area contributed by atoms with Gasteiger partial charge in [0.2, 0.25) is 5.16 Å². The molecular weight excluding hydrogens is 394 g/mol. The highest BCUT2D eigenvalue weighted by molar-refractivity contribution is 9.10. The van der Waals surface area contributed by atoms with Gasteiger partial charge in [-0.2, -0.15) is 0 Å². The highest BCUT2D eigenvalue weighted by Gasteiger charge is 2.16. The minimum atomic E-state index is -0.401. The zero-order chi connectivity index (χ0) is 17.1. The van der Waals surface area contributed by atoms with Crippen molar-refractivity contribution in [3.8, 4) is 11.4 Å². The maximum atomic E-state index is 11.6. The average molecular weight is 408 g/mol. The van der Waals surface area contributed by atoms with Gasteiger partial charge >= 0.3 is 5.97 Å². The summed E-state index contributed by atoms with van der Waals surface area (Å²) in [4.78, 5) is 16.1. The summed E-state index contributed by atoms with van der Waals surface area (Å²) in [5.41, 5.74) is 1.38. The molecule has 2 heterocycles. The van der Waals surface area contributed by atoms with Crippen LogP contribution in [-0.4, -0.2) is 28.3 Å². The molecule has 24 heavy (non-hydrogen) atoms. The lowest BCUT2D eigenvalue weighted by molar-refractivity contribution is 0.0599. The van der Waals surface area contributed by atoms with Crippen LogP contribution in [0.5, 0.6) is 0 Å². The molecule has 8 heteroatoms. The minimum Gasteiger partial charge on any atom is -0.465 e. The fourth-order valence-electron chi connectivity index (χ4n) is 2.15. The number of furan rings is 1. The van der Waals surface area contributed by atoms with E-state index in [1.54, 1.807) is 13.0 Å². The van der Waals surface area contributed by atoms with Crippen LogP contribution in [0.4, 0.5) is 0 Å². The molecule has 0 fully saturated rings. The largest absolute Gasteiger partial charge is 0.465 e. The van der Waals surface area contributed by atoms with Crippen molar-refractivity contribution in [2.75, 3.05) is 7.11 Å². The first kappa shape index (κ1) is 16.8. The number of rotatable bonds is 5. The van der Waals surface area contributed by atoms with Crippen LogP contribution in [-0.2, 0) is 10.5 Å². The van der Waals surface area contributed by atoms with Gasteiger partial charge in [-0.15, -0.1) is 5.10 Å². The summed E-state index contributed by atoms with van der Waals surface area (Å²) in [6.07, 6.45) is 0. The van der Waals surface area contributed by atoms with Gasteiger partial charge in [0.25, 0.3) is 0 Å². The molecular formula is C16H14BrN3O3S. The lowest BCUT2D eigenvalue weighted by Crippen LogP contribution is -2.00. The Morgan fingerprint density at radius 3 is 2.96 bits per heavy atom. The number of thioether (sulfide) groups is 1. The van der Waals surface area contributed by atoms with Crippen LogP contribution in [0.25, 0.3) is 11.4 Å². The number of methoxy groups -OCH3 is 1. The summed E-state index contributed by atoms with van der Waals surface area (Å²) >= 11 is 4.92. The molecule has 0 bridgehead atoms. The van der Waals surface area contributed by atoms with Crippen molar-refractivity contribution in [2.24, 2.45) is 0 Å². The van der Waals surface area contributed by atoms with Crippen LogP contribution in [0.15, 0.2) is 44.4 Å². The summed E-state index contributed by atoms with van der Waals surface area (Å²) in [6.45, 7) is 1.73. The topological polar surface area (TPSA) is 81.0 Å². The Labute approximate surface area is 151 Å². The second kappa shape index (κ2) is 7.23. The number of H-pyrrole nitrogens is 1. The van der Waals surface area contributed by atoms with Crippen molar-refractivity contribution in [1.29, 1.82) is 0 Å². The van der Waals surface area contributed by atoms with Gasteiger partial charge in [-0.1, -0.05) is 45.9 Å². The first-order chi connectivity index (χ1) is 11.6. The monoisotopic (exact) mass is 407 g/mol. The van der Waals surface area contributed by atoms with Crippen molar-refractivity contribution in [2.45, 2.75) is 17.8 Å². The van der Waals surface area contributed by atoms with E-state index >= 15 is 0 Å². The summed E-state index contributed by atoms with van der Waals surface area (Å²) in [5.74, 6) is 2.02. The Morgan fingerprint density at radius 1 is 1.42 bits per heavy atom. The summed E-state index contributed by atoms with van der Waals surface area (Å²) in [7, 11) is 1.35. The number of halogens is 1. The third-order valence-electron chi connectivity index (χ3n) is 3.31. The van der Waals surface area contributed by atoms with Crippen molar-refractivity contribution in [3.05, 3.63) is 51.9 Å². The van der Waals surface area contributed by atoms with Crippen molar-refractivity contribution in [3.63, 3.8) is 0 Å². The number of ether oxygens (including phenoxy) is 1. The zero-order valence-corrected chi connectivity index (χ0v) is 15.4. The maximum Gasteiger partial charge on any atom is 0.341 e. The molecule has 0 spiro atoms. The number of benzene rings is 1. The Kier molecular flexibility index (Phi) is 5.06. The molecule has 0 aliphatic heterocycles. The standard InChI is InChI=1S/C16H14BrN3O3S/c1-9-12(15(21)22-2)7-10(23-9)8-24-16-18-14(19-20-16)11-5-3-4-6-13(11)17/h3-7H,8H2,1-2H3,(H,18,19,20). The highest BCUT2D eigenvalue weighted by Crippen LogP contribution is 2.28. The average Bonchev–Trinajstić information content (AvgIpc) is 3.19. The van der Waals surface area contributed by atoms with E-state index in [2.05, 4.69) is 31.1 Å². The maximum absolute atomic E-state index is 11.6. The van der Waals surface area contributed by atoms with Gasteiger partial charge in [0, 0.05) is 10.0 Å². The lowest BCUT2D eigenvalue weighted by atomic mass is 10.2. The van der Waals surface area contributed by atoms with Crippen molar-refractivity contribution in [1.82, 2.24) is 15.2 Å². The third kappa shape index (κ3) is 3.54. The predicted molar refractivity (Wildman–Crippen MR) is 93.9 cm³/mol. The number of carbonyl (C=O) groups is 1. The number of hydrogen-bond donors (Lipinski definition) is 1. The number of aromatic nitrogens is 3. The van der Waals surface area contributed by atoms with E-state index in [0.29, 0.717) is 33.8 Å². The summed E-state index contributed by atoms with van der Waals surface area (Å²) in [5, 5.41) is 7.73. The normalized spacial score (nSPS) is 10.8. The van der Waals surface area contributed by atoms with Crippen LogP contribution in [0, 0.1) is 6.92 Å². The van der Waals surface area contributed by atoms with Gasteiger partial charge in [0.15, 0.2) is 5.82 Å². The van der Waals surface area contributed by atoms with Crippen LogP contribution in [0.3, 0.4) is 0 Å². The van der Waals surface area contributed by atoms with E-state index in [1.807, 2.05) is 24.3 Å². The van der Waals surface area contributed by atoms with E-state index < -0.39 is 5.97 Å². The molecule has 6 nitrogen and oxygen atoms in total. The van der Waals surface area contributed by atoms with Gasteiger partial charge in [-0.3, -0.25) is 5.10 Å². The Bertz CT molecular complexity index is 875. The van der Waals surface area contributed by atoms with E-state index in [0.717, 1.165) is 10.0 Å². The van der Waals surface area contributed by atoms with Crippen LogP contribution in [0.2, 0.25) is 0 Å². The molecule has 0 aliphatic carbocycles.